The lowest BCUT2D eigenvalue weighted by molar-refractivity contribution is 0.0917. The first-order valence-electron chi connectivity index (χ1n) is 8.92. The average Bonchev–Trinajstić information content (AvgIpc) is 2.66. The van der Waals surface area contributed by atoms with Gasteiger partial charge in [0.1, 0.15) is 17.1 Å². The van der Waals surface area contributed by atoms with Gasteiger partial charge in [-0.3, -0.25) is 4.79 Å². The summed E-state index contributed by atoms with van der Waals surface area (Å²) in [6.45, 7) is 2.84. The van der Waals surface area contributed by atoms with Crippen molar-refractivity contribution in [3.8, 4) is 11.5 Å². The molecule has 0 atom stereocenters. The standard InChI is InChI=1S/C18H28N2O5S/c1-4-5-13-26(22,23)20-11-9-14(10-12-20)19-18(21)17-15(24-2)7-6-8-16(17)25-3/h6-8,14H,4-5,9-13H2,1-3H3,(H,19,21). The van der Waals surface area contributed by atoms with Gasteiger partial charge in [-0.25, -0.2) is 12.7 Å². The summed E-state index contributed by atoms with van der Waals surface area (Å²) in [6, 6.07) is 5.10. The number of hydrogen-bond acceptors (Lipinski definition) is 5. The Morgan fingerprint density at radius 3 is 2.27 bits per heavy atom. The number of ether oxygens (including phenoxy) is 2. The van der Waals surface area contributed by atoms with Crippen LogP contribution in [0.15, 0.2) is 18.2 Å². The Labute approximate surface area is 155 Å². The SMILES string of the molecule is CCCCS(=O)(=O)N1CCC(NC(=O)c2c(OC)cccc2OC)CC1. The van der Waals surface area contributed by atoms with Crippen molar-refractivity contribution < 1.29 is 22.7 Å². The fourth-order valence-corrected chi connectivity index (χ4v) is 4.75. The lowest BCUT2D eigenvalue weighted by Crippen LogP contribution is -2.47. The number of carbonyl (C=O) groups is 1. The molecule has 1 fully saturated rings. The first kappa shape index (κ1) is 20.5. The Morgan fingerprint density at radius 2 is 1.77 bits per heavy atom. The van der Waals surface area contributed by atoms with E-state index in [9.17, 15) is 13.2 Å². The van der Waals surface area contributed by atoms with Crippen LogP contribution in [0.1, 0.15) is 43.0 Å². The third-order valence-electron chi connectivity index (χ3n) is 4.59. The maximum atomic E-state index is 12.7. The minimum absolute atomic E-state index is 0.0743. The highest BCUT2D eigenvalue weighted by Crippen LogP contribution is 2.28. The lowest BCUT2D eigenvalue weighted by Gasteiger charge is -2.31. The van der Waals surface area contributed by atoms with Crippen LogP contribution in [0.25, 0.3) is 0 Å². The summed E-state index contributed by atoms with van der Waals surface area (Å²) in [6.07, 6.45) is 2.71. The van der Waals surface area contributed by atoms with Crippen molar-refractivity contribution in [2.75, 3.05) is 33.1 Å². The number of nitrogens with one attached hydrogen (secondary N) is 1. The van der Waals surface area contributed by atoms with Gasteiger partial charge < -0.3 is 14.8 Å². The molecule has 0 aromatic heterocycles. The van der Waals surface area contributed by atoms with Gasteiger partial charge in [0, 0.05) is 19.1 Å². The number of carbonyl (C=O) groups excluding carboxylic acids is 1. The molecule has 0 unspecified atom stereocenters. The summed E-state index contributed by atoms with van der Waals surface area (Å²) < 4.78 is 36.6. The molecule has 1 aromatic carbocycles. The molecule has 1 saturated heterocycles. The Balaban J connectivity index is 1.99. The summed E-state index contributed by atoms with van der Waals surface area (Å²) in [5.74, 6) is 0.813. The average molecular weight is 384 g/mol. The molecule has 0 spiro atoms. The van der Waals surface area contributed by atoms with Crippen LogP contribution in [0.5, 0.6) is 11.5 Å². The van der Waals surface area contributed by atoms with E-state index in [1.54, 1.807) is 18.2 Å². The monoisotopic (exact) mass is 384 g/mol. The molecule has 0 radical (unpaired) electrons. The first-order valence-corrected chi connectivity index (χ1v) is 10.5. The highest BCUT2D eigenvalue weighted by molar-refractivity contribution is 7.89. The second-order valence-electron chi connectivity index (χ2n) is 6.35. The van der Waals surface area contributed by atoms with Gasteiger partial charge in [0.2, 0.25) is 10.0 Å². The van der Waals surface area contributed by atoms with Crippen LogP contribution in [0.4, 0.5) is 0 Å². The fourth-order valence-electron chi connectivity index (χ4n) is 3.07. The van der Waals surface area contributed by atoms with Crippen molar-refractivity contribution >= 4 is 15.9 Å². The highest BCUT2D eigenvalue weighted by Gasteiger charge is 2.29. The van der Waals surface area contributed by atoms with Gasteiger partial charge in [-0.1, -0.05) is 19.4 Å². The Hall–Kier alpha value is -1.80. The van der Waals surface area contributed by atoms with E-state index in [-0.39, 0.29) is 17.7 Å². The van der Waals surface area contributed by atoms with Crippen molar-refractivity contribution in [3.05, 3.63) is 23.8 Å². The van der Waals surface area contributed by atoms with Gasteiger partial charge >= 0.3 is 0 Å². The molecular weight excluding hydrogens is 356 g/mol. The molecule has 0 bridgehead atoms. The Kier molecular flexibility index (Phi) is 7.28. The van der Waals surface area contributed by atoms with Crippen molar-refractivity contribution in [1.29, 1.82) is 0 Å². The number of methoxy groups -OCH3 is 2. The zero-order valence-corrected chi connectivity index (χ0v) is 16.5. The molecule has 1 aliphatic rings. The molecule has 0 saturated carbocycles. The molecule has 1 N–H and O–H groups in total. The number of sulfonamides is 1. The molecule has 7 nitrogen and oxygen atoms in total. The summed E-state index contributed by atoms with van der Waals surface area (Å²) in [5, 5.41) is 2.98. The molecular formula is C18H28N2O5S. The number of piperidine rings is 1. The van der Waals surface area contributed by atoms with E-state index in [1.165, 1.54) is 18.5 Å². The van der Waals surface area contributed by atoms with Crippen LogP contribution < -0.4 is 14.8 Å². The van der Waals surface area contributed by atoms with Crippen molar-refractivity contribution in [3.63, 3.8) is 0 Å². The predicted molar refractivity (Wildman–Crippen MR) is 100 cm³/mol. The molecule has 2 rings (SSSR count). The Morgan fingerprint density at radius 1 is 1.19 bits per heavy atom. The van der Waals surface area contributed by atoms with Crippen LogP contribution in [0.3, 0.4) is 0 Å². The van der Waals surface area contributed by atoms with Crippen molar-refractivity contribution in [1.82, 2.24) is 9.62 Å². The third kappa shape index (κ3) is 4.88. The number of nitrogens with zero attached hydrogens (tertiary/aromatic N) is 1. The van der Waals surface area contributed by atoms with E-state index >= 15 is 0 Å². The molecule has 146 valence electrons. The number of unbranched alkanes of at least 4 members (excludes halogenated alkanes) is 1. The topological polar surface area (TPSA) is 84.9 Å². The first-order chi connectivity index (χ1) is 12.4. The van der Waals surface area contributed by atoms with Gasteiger partial charge in [0.15, 0.2) is 0 Å². The molecule has 1 aliphatic heterocycles. The second-order valence-corrected chi connectivity index (χ2v) is 8.44. The molecule has 0 aliphatic carbocycles. The number of benzene rings is 1. The highest BCUT2D eigenvalue weighted by atomic mass is 32.2. The summed E-state index contributed by atoms with van der Waals surface area (Å²) >= 11 is 0. The van der Waals surface area contributed by atoms with E-state index in [2.05, 4.69) is 5.32 Å². The molecule has 8 heteroatoms. The van der Waals surface area contributed by atoms with Crippen molar-refractivity contribution in [2.45, 2.75) is 38.6 Å². The zero-order chi connectivity index (χ0) is 19.2. The van der Waals surface area contributed by atoms with Gasteiger partial charge in [-0.2, -0.15) is 0 Å². The maximum absolute atomic E-state index is 12.7. The summed E-state index contributed by atoms with van der Waals surface area (Å²) in [7, 11) is -0.180. The van der Waals surface area contributed by atoms with Crippen LogP contribution in [-0.2, 0) is 10.0 Å². The molecule has 1 heterocycles. The summed E-state index contributed by atoms with van der Waals surface area (Å²) in [5.41, 5.74) is 0.357. The van der Waals surface area contributed by atoms with Crippen LogP contribution in [0.2, 0.25) is 0 Å². The van der Waals surface area contributed by atoms with E-state index in [1.807, 2.05) is 6.92 Å². The zero-order valence-electron chi connectivity index (χ0n) is 15.7. The smallest absolute Gasteiger partial charge is 0.259 e. The van der Waals surface area contributed by atoms with Gasteiger partial charge in [-0.05, 0) is 31.4 Å². The van der Waals surface area contributed by atoms with Gasteiger partial charge in [0.05, 0.1) is 20.0 Å². The lowest BCUT2D eigenvalue weighted by atomic mass is 10.1. The number of hydrogen-bond donors (Lipinski definition) is 1. The minimum atomic E-state index is -3.19. The van der Waals surface area contributed by atoms with Crippen LogP contribution in [0, 0.1) is 0 Å². The Bertz CT molecular complexity index is 690. The fraction of sp³-hybridized carbons (Fsp3) is 0.611. The molecule has 26 heavy (non-hydrogen) atoms. The quantitative estimate of drug-likeness (QED) is 0.741. The van der Waals surface area contributed by atoms with Gasteiger partial charge in [0.25, 0.3) is 5.91 Å². The van der Waals surface area contributed by atoms with Crippen LogP contribution in [-0.4, -0.2) is 57.7 Å². The summed E-state index contributed by atoms with van der Waals surface area (Å²) in [4.78, 5) is 12.7. The molecule has 1 amide bonds. The minimum Gasteiger partial charge on any atom is -0.496 e. The van der Waals surface area contributed by atoms with E-state index in [0.29, 0.717) is 49.4 Å². The second kappa shape index (κ2) is 9.23. The normalized spacial score (nSPS) is 16.3. The molecule has 1 aromatic rings. The van der Waals surface area contributed by atoms with E-state index < -0.39 is 10.0 Å². The van der Waals surface area contributed by atoms with E-state index in [4.69, 9.17) is 9.47 Å². The van der Waals surface area contributed by atoms with Crippen LogP contribution >= 0.6 is 0 Å². The maximum Gasteiger partial charge on any atom is 0.259 e. The largest absolute Gasteiger partial charge is 0.496 e. The van der Waals surface area contributed by atoms with E-state index in [0.717, 1.165) is 6.42 Å². The van der Waals surface area contributed by atoms with Gasteiger partial charge in [-0.15, -0.1) is 0 Å². The van der Waals surface area contributed by atoms with Crippen molar-refractivity contribution in [2.24, 2.45) is 0 Å². The number of rotatable bonds is 8. The predicted octanol–water partition coefficient (Wildman–Crippen LogP) is 2.03. The third-order valence-corrected chi connectivity index (χ3v) is 6.55. The number of amides is 1.